The number of nitrogens with one attached hydrogen (secondary N) is 2. The van der Waals surface area contributed by atoms with Gasteiger partial charge >= 0.3 is 0 Å². The molecule has 2 N–H and O–H groups in total. The third kappa shape index (κ3) is 7.29. The van der Waals surface area contributed by atoms with Crippen molar-refractivity contribution in [3.8, 4) is 0 Å². The van der Waals surface area contributed by atoms with Gasteiger partial charge in [0.25, 0.3) is 0 Å². The zero-order valence-electron chi connectivity index (χ0n) is 18.9. The molecule has 0 saturated heterocycles. The molecule has 0 spiro atoms. The fourth-order valence-electron chi connectivity index (χ4n) is 3.45. The topological polar surface area (TPSA) is 58.2 Å². The lowest BCUT2D eigenvalue weighted by atomic mass is 9.95. The van der Waals surface area contributed by atoms with Gasteiger partial charge in [-0.3, -0.25) is 9.59 Å². The molecule has 0 aliphatic carbocycles. The van der Waals surface area contributed by atoms with Crippen molar-refractivity contribution in [2.75, 3.05) is 10.6 Å². The molecule has 0 unspecified atom stereocenters. The highest BCUT2D eigenvalue weighted by atomic mass is 16.2. The van der Waals surface area contributed by atoms with E-state index in [0.717, 1.165) is 73.9 Å². The maximum absolute atomic E-state index is 12.5. The van der Waals surface area contributed by atoms with Crippen molar-refractivity contribution in [2.24, 2.45) is 0 Å². The molecule has 158 valence electrons. The second-order valence-electron chi connectivity index (χ2n) is 7.97. The van der Waals surface area contributed by atoms with E-state index in [0.29, 0.717) is 12.8 Å². The Kier molecular flexibility index (Phi) is 10.9. The standard InChI is InChI=1S/C24H40N2O2/c1-7-9-11-13-15-21(27)25-23-19(5)17(3)18(4)20(6)24(23)26-22(28)16-14-12-10-8-2/h7-16H2,1-6H3,(H,25,27)(H,26,28). The number of hydrogen-bond donors (Lipinski definition) is 2. The molecule has 0 aromatic heterocycles. The second-order valence-corrected chi connectivity index (χ2v) is 7.97. The van der Waals surface area contributed by atoms with Gasteiger partial charge in [-0.05, 0) is 62.8 Å². The highest BCUT2D eigenvalue weighted by Gasteiger charge is 2.18. The Morgan fingerprint density at radius 1 is 0.571 bits per heavy atom. The maximum Gasteiger partial charge on any atom is 0.224 e. The van der Waals surface area contributed by atoms with Crippen molar-refractivity contribution in [3.63, 3.8) is 0 Å². The van der Waals surface area contributed by atoms with E-state index >= 15 is 0 Å². The summed E-state index contributed by atoms with van der Waals surface area (Å²) in [5, 5.41) is 6.19. The zero-order valence-corrected chi connectivity index (χ0v) is 18.9. The van der Waals surface area contributed by atoms with Gasteiger partial charge in [0.2, 0.25) is 11.8 Å². The largest absolute Gasteiger partial charge is 0.324 e. The fraction of sp³-hybridized carbons (Fsp3) is 0.667. The number of amides is 2. The molecule has 0 radical (unpaired) electrons. The Morgan fingerprint density at radius 3 is 1.25 bits per heavy atom. The predicted octanol–water partition coefficient (Wildman–Crippen LogP) is 6.74. The smallest absolute Gasteiger partial charge is 0.224 e. The molecule has 0 saturated carbocycles. The normalized spacial score (nSPS) is 10.8. The average Bonchev–Trinajstić information content (AvgIpc) is 2.68. The van der Waals surface area contributed by atoms with Gasteiger partial charge < -0.3 is 10.6 Å². The van der Waals surface area contributed by atoms with E-state index in [4.69, 9.17) is 0 Å². The molecule has 0 aliphatic rings. The Labute approximate surface area is 171 Å². The van der Waals surface area contributed by atoms with Crippen molar-refractivity contribution >= 4 is 23.2 Å². The molecular weight excluding hydrogens is 348 g/mol. The number of carbonyl (C=O) groups excluding carboxylic acids is 2. The number of anilines is 2. The van der Waals surface area contributed by atoms with Crippen molar-refractivity contribution in [1.82, 2.24) is 0 Å². The minimum atomic E-state index is 0.0281. The van der Waals surface area contributed by atoms with E-state index in [1.54, 1.807) is 0 Å². The summed E-state index contributed by atoms with van der Waals surface area (Å²) in [5.74, 6) is 0.0561. The number of benzene rings is 1. The lowest BCUT2D eigenvalue weighted by molar-refractivity contribution is -0.117. The number of hydrogen-bond acceptors (Lipinski definition) is 2. The molecule has 0 fully saturated rings. The van der Waals surface area contributed by atoms with Gasteiger partial charge in [0.05, 0.1) is 11.4 Å². The highest BCUT2D eigenvalue weighted by molar-refractivity contribution is 6.02. The van der Waals surface area contributed by atoms with E-state index < -0.39 is 0 Å². The van der Waals surface area contributed by atoms with Gasteiger partial charge in [-0.1, -0.05) is 52.4 Å². The third-order valence-corrected chi connectivity index (χ3v) is 5.73. The molecule has 1 aromatic rings. The van der Waals surface area contributed by atoms with Crippen LogP contribution < -0.4 is 10.6 Å². The predicted molar refractivity (Wildman–Crippen MR) is 120 cm³/mol. The summed E-state index contributed by atoms with van der Waals surface area (Å²) in [5.41, 5.74) is 5.93. The first-order chi connectivity index (χ1) is 13.3. The zero-order chi connectivity index (χ0) is 21.1. The third-order valence-electron chi connectivity index (χ3n) is 5.73. The molecule has 0 atom stereocenters. The number of rotatable bonds is 12. The van der Waals surface area contributed by atoms with Crippen molar-refractivity contribution in [3.05, 3.63) is 22.3 Å². The van der Waals surface area contributed by atoms with Gasteiger partial charge in [-0.2, -0.15) is 0 Å². The minimum absolute atomic E-state index is 0.0281. The molecule has 4 nitrogen and oxygen atoms in total. The molecule has 4 heteroatoms. The number of carbonyl (C=O) groups is 2. The second kappa shape index (κ2) is 12.6. The Bertz CT molecular complexity index is 608. The van der Waals surface area contributed by atoms with Crippen LogP contribution >= 0.6 is 0 Å². The summed E-state index contributed by atoms with van der Waals surface area (Å²) in [4.78, 5) is 25.0. The van der Waals surface area contributed by atoms with E-state index in [2.05, 4.69) is 38.3 Å². The summed E-state index contributed by atoms with van der Waals surface area (Å²) in [6.45, 7) is 12.5. The first kappa shape index (κ1) is 24.2. The number of unbranched alkanes of at least 4 members (excludes halogenated alkanes) is 6. The molecule has 1 rings (SSSR count). The summed E-state index contributed by atoms with van der Waals surface area (Å²) in [7, 11) is 0. The first-order valence-corrected chi connectivity index (χ1v) is 11.0. The lowest BCUT2D eigenvalue weighted by Crippen LogP contribution is -2.19. The highest BCUT2D eigenvalue weighted by Crippen LogP contribution is 2.35. The van der Waals surface area contributed by atoms with Crippen LogP contribution in [-0.2, 0) is 9.59 Å². The van der Waals surface area contributed by atoms with E-state index in [-0.39, 0.29) is 11.8 Å². The van der Waals surface area contributed by atoms with Crippen LogP contribution in [-0.4, -0.2) is 11.8 Å². The van der Waals surface area contributed by atoms with E-state index in [9.17, 15) is 9.59 Å². The summed E-state index contributed by atoms with van der Waals surface area (Å²) in [6, 6.07) is 0. The Hall–Kier alpha value is -1.84. The van der Waals surface area contributed by atoms with E-state index in [1.165, 1.54) is 11.1 Å². The Balaban J connectivity index is 2.94. The van der Waals surface area contributed by atoms with Crippen LogP contribution in [0.2, 0.25) is 0 Å². The van der Waals surface area contributed by atoms with Crippen LogP contribution in [0.1, 0.15) is 100 Å². The van der Waals surface area contributed by atoms with Crippen LogP contribution in [0.4, 0.5) is 11.4 Å². The van der Waals surface area contributed by atoms with Gasteiger partial charge in [-0.15, -0.1) is 0 Å². The van der Waals surface area contributed by atoms with Gasteiger partial charge in [0, 0.05) is 12.8 Å². The van der Waals surface area contributed by atoms with E-state index in [1.807, 2.05) is 13.8 Å². The van der Waals surface area contributed by atoms with Gasteiger partial charge in [0.15, 0.2) is 0 Å². The molecule has 2 amide bonds. The monoisotopic (exact) mass is 388 g/mol. The van der Waals surface area contributed by atoms with Gasteiger partial charge in [0.1, 0.15) is 0 Å². The fourth-order valence-corrected chi connectivity index (χ4v) is 3.45. The van der Waals surface area contributed by atoms with Crippen molar-refractivity contribution < 1.29 is 9.59 Å². The summed E-state index contributed by atoms with van der Waals surface area (Å²) >= 11 is 0. The lowest BCUT2D eigenvalue weighted by Gasteiger charge is -2.22. The van der Waals surface area contributed by atoms with Crippen LogP contribution in [0, 0.1) is 27.7 Å². The summed E-state index contributed by atoms with van der Waals surface area (Å²) in [6.07, 6.45) is 9.65. The SMILES string of the molecule is CCCCCCC(=O)Nc1c(C)c(C)c(C)c(C)c1NC(=O)CCCCCC. The molecular formula is C24H40N2O2. The van der Waals surface area contributed by atoms with Crippen LogP contribution in [0.3, 0.4) is 0 Å². The quantitative estimate of drug-likeness (QED) is 0.390. The first-order valence-electron chi connectivity index (χ1n) is 11.0. The molecule has 28 heavy (non-hydrogen) atoms. The minimum Gasteiger partial charge on any atom is -0.324 e. The van der Waals surface area contributed by atoms with Crippen molar-refractivity contribution in [1.29, 1.82) is 0 Å². The molecule has 1 aromatic carbocycles. The molecule has 0 heterocycles. The molecule has 0 bridgehead atoms. The van der Waals surface area contributed by atoms with Crippen LogP contribution in [0.25, 0.3) is 0 Å². The average molecular weight is 389 g/mol. The maximum atomic E-state index is 12.5. The van der Waals surface area contributed by atoms with Crippen LogP contribution in [0.5, 0.6) is 0 Å². The van der Waals surface area contributed by atoms with Crippen LogP contribution in [0.15, 0.2) is 0 Å². The Morgan fingerprint density at radius 2 is 0.929 bits per heavy atom. The van der Waals surface area contributed by atoms with Crippen molar-refractivity contribution in [2.45, 2.75) is 106 Å². The molecule has 0 aliphatic heterocycles. The van der Waals surface area contributed by atoms with Gasteiger partial charge in [-0.25, -0.2) is 0 Å². The summed E-state index contributed by atoms with van der Waals surface area (Å²) < 4.78 is 0.